The molecule has 0 atom stereocenters. The molecule has 0 bridgehead atoms. The van der Waals surface area contributed by atoms with Crippen LogP contribution in [0.2, 0.25) is 0 Å². The van der Waals surface area contributed by atoms with Crippen LogP contribution in [-0.4, -0.2) is 36.8 Å². The summed E-state index contributed by atoms with van der Waals surface area (Å²) in [6, 6.07) is 0. The molecule has 0 amide bonds. The van der Waals surface area contributed by atoms with Crippen molar-refractivity contribution >= 4 is 11.5 Å². The van der Waals surface area contributed by atoms with Gasteiger partial charge in [-0.2, -0.15) is 0 Å². The van der Waals surface area contributed by atoms with Gasteiger partial charge in [-0.3, -0.25) is 14.3 Å². The highest BCUT2D eigenvalue weighted by Crippen LogP contribution is 2.17. The molecule has 2 aromatic rings. The van der Waals surface area contributed by atoms with Crippen LogP contribution in [0.25, 0.3) is 0 Å². The summed E-state index contributed by atoms with van der Waals surface area (Å²) in [5.74, 6) is 0.804. The highest BCUT2D eigenvalue weighted by atomic mass is 16.2. The van der Waals surface area contributed by atoms with E-state index in [9.17, 15) is 9.59 Å². The summed E-state index contributed by atoms with van der Waals surface area (Å²) < 4.78 is 3.12. The molecular formula is C15H26N8O2. The second-order valence-electron chi connectivity index (χ2n) is 6.03. The number of hydrogen-bond acceptors (Lipinski definition) is 7. The third-order valence-corrected chi connectivity index (χ3v) is 4.04. The molecule has 25 heavy (non-hydrogen) atoms. The number of aromatic amines is 1. The van der Waals surface area contributed by atoms with Crippen LogP contribution in [-0.2, 0) is 19.6 Å². The number of nitrogens with zero attached hydrogens (tertiary/aromatic N) is 6. The lowest BCUT2D eigenvalue weighted by atomic mass is 10.3. The Kier molecular flexibility index (Phi) is 6.31. The largest absolute Gasteiger partial charge is 0.383 e. The molecule has 2 rings (SSSR count). The van der Waals surface area contributed by atoms with Crippen LogP contribution < -0.4 is 21.9 Å². The maximum absolute atomic E-state index is 12.3. The van der Waals surface area contributed by atoms with E-state index < -0.39 is 11.2 Å². The molecule has 0 aromatic carbocycles. The molecule has 2 aromatic heterocycles. The Morgan fingerprint density at radius 3 is 2.52 bits per heavy atom. The molecule has 2 heterocycles. The summed E-state index contributed by atoms with van der Waals surface area (Å²) in [5, 5.41) is 11.7. The van der Waals surface area contributed by atoms with E-state index in [4.69, 9.17) is 5.73 Å². The van der Waals surface area contributed by atoms with Crippen molar-refractivity contribution in [3.05, 3.63) is 26.7 Å². The van der Waals surface area contributed by atoms with Gasteiger partial charge in [-0.05, 0) is 23.3 Å². The molecule has 10 heteroatoms. The Hall–Kier alpha value is -2.65. The maximum Gasteiger partial charge on any atom is 0.330 e. The van der Waals surface area contributed by atoms with Gasteiger partial charge in [0.1, 0.15) is 11.5 Å². The molecule has 0 radical (unpaired) electrons. The molecule has 0 fully saturated rings. The fraction of sp³-hybridized carbons (Fsp3) is 0.667. The van der Waals surface area contributed by atoms with Crippen molar-refractivity contribution in [2.45, 2.75) is 59.2 Å². The van der Waals surface area contributed by atoms with E-state index in [1.54, 1.807) is 16.6 Å². The van der Waals surface area contributed by atoms with Gasteiger partial charge in [-0.1, -0.05) is 26.7 Å². The molecular weight excluding hydrogens is 324 g/mol. The topological polar surface area (TPSA) is 128 Å². The lowest BCUT2D eigenvalue weighted by molar-refractivity contribution is 0.530. The molecule has 0 saturated carbocycles. The molecule has 3 N–H and O–H groups in total. The summed E-state index contributed by atoms with van der Waals surface area (Å²) in [7, 11) is 1.73. The number of H-pyrrole nitrogens is 1. The minimum absolute atomic E-state index is 0.164. The third-order valence-electron chi connectivity index (χ3n) is 4.04. The Bertz CT molecular complexity index is 807. The van der Waals surface area contributed by atoms with Crippen LogP contribution in [0.4, 0.5) is 11.5 Å². The number of anilines is 2. The summed E-state index contributed by atoms with van der Waals surface area (Å²) in [6.45, 7) is 5.61. The van der Waals surface area contributed by atoms with Gasteiger partial charge in [-0.15, -0.1) is 5.10 Å². The fourth-order valence-electron chi connectivity index (χ4n) is 2.59. The average molecular weight is 350 g/mol. The molecule has 0 aliphatic heterocycles. The number of tetrazole rings is 1. The van der Waals surface area contributed by atoms with E-state index in [1.165, 1.54) is 4.57 Å². The predicted molar refractivity (Wildman–Crippen MR) is 95.5 cm³/mol. The van der Waals surface area contributed by atoms with Crippen LogP contribution in [0.15, 0.2) is 9.59 Å². The van der Waals surface area contributed by atoms with Gasteiger partial charge in [-0.25, -0.2) is 9.48 Å². The Morgan fingerprint density at radius 1 is 1.16 bits per heavy atom. The smallest absolute Gasteiger partial charge is 0.330 e. The van der Waals surface area contributed by atoms with E-state index in [0.717, 1.165) is 25.7 Å². The summed E-state index contributed by atoms with van der Waals surface area (Å²) in [4.78, 5) is 28.3. The van der Waals surface area contributed by atoms with Gasteiger partial charge < -0.3 is 10.6 Å². The van der Waals surface area contributed by atoms with E-state index in [0.29, 0.717) is 25.5 Å². The first-order valence-electron chi connectivity index (χ1n) is 8.58. The maximum atomic E-state index is 12.3. The van der Waals surface area contributed by atoms with Gasteiger partial charge in [0, 0.05) is 20.1 Å². The minimum atomic E-state index is -0.509. The van der Waals surface area contributed by atoms with Gasteiger partial charge in [0.2, 0.25) is 0 Å². The van der Waals surface area contributed by atoms with Crippen molar-refractivity contribution in [2.24, 2.45) is 0 Å². The quantitative estimate of drug-likeness (QED) is 0.667. The number of nitrogens with one attached hydrogen (secondary N) is 1. The fourth-order valence-corrected chi connectivity index (χ4v) is 2.59. The van der Waals surface area contributed by atoms with Crippen LogP contribution in [0.1, 0.15) is 45.4 Å². The Balaban J connectivity index is 2.30. The number of aryl methyl sites for hydroxylation is 1. The first kappa shape index (κ1) is 18.7. The Morgan fingerprint density at radius 2 is 1.84 bits per heavy atom. The number of unbranched alkanes of at least 4 members (excludes halogenated alkanes) is 2. The van der Waals surface area contributed by atoms with Crippen molar-refractivity contribution < 1.29 is 0 Å². The first-order chi connectivity index (χ1) is 12.0. The zero-order chi connectivity index (χ0) is 18.4. The molecule has 0 saturated heterocycles. The standard InChI is InChI=1S/C15H26N8O2/c1-4-6-8-22-13(16)12(14(24)17-15(22)25)21(3)10-11-18-19-20-23(11)9-7-5-2/h4-10,16H2,1-3H3,(H,17,24,25). The van der Waals surface area contributed by atoms with Gasteiger partial charge in [0.15, 0.2) is 5.82 Å². The van der Waals surface area contributed by atoms with Crippen molar-refractivity contribution in [3.63, 3.8) is 0 Å². The van der Waals surface area contributed by atoms with Gasteiger partial charge in [0.05, 0.1) is 6.54 Å². The molecule has 10 nitrogen and oxygen atoms in total. The number of hydrogen-bond donors (Lipinski definition) is 2. The monoisotopic (exact) mass is 350 g/mol. The lowest BCUT2D eigenvalue weighted by Gasteiger charge is -2.21. The molecule has 0 unspecified atom stereocenters. The van der Waals surface area contributed by atoms with Crippen molar-refractivity contribution in [1.29, 1.82) is 0 Å². The number of nitrogen functional groups attached to an aromatic ring is 1. The van der Waals surface area contributed by atoms with E-state index >= 15 is 0 Å². The van der Waals surface area contributed by atoms with Crippen molar-refractivity contribution in [2.75, 3.05) is 17.7 Å². The number of nitrogens with two attached hydrogens (primary N) is 1. The van der Waals surface area contributed by atoms with Gasteiger partial charge in [0.25, 0.3) is 5.56 Å². The van der Waals surface area contributed by atoms with E-state index in [1.807, 2.05) is 6.92 Å². The van der Waals surface area contributed by atoms with Crippen LogP contribution in [0.3, 0.4) is 0 Å². The lowest BCUT2D eigenvalue weighted by Crippen LogP contribution is -2.37. The van der Waals surface area contributed by atoms with Gasteiger partial charge >= 0.3 is 5.69 Å². The molecule has 0 aliphatic rings. The third kappa shape index (κ3) is 4.25. The van der Waals surface area contributed by atoms with Crippen LogP contribution in [0.5, 0.6) is 0 Å². The second-order valence-corrected chi connectivity index (χ2v) is 6.03. The van der Waals surface area contributed by atoms with Crippen molar-refractivity contribution in [1.82, 2.24) is 29.8 Å². The highest BCUT2D eigenvalue weighted by Gasteiger charge is 2.18. The molecule has 138 valence electrons. The molecule has 0 spiro atoms. The number of rotatable bonds is 9. The predicted octanol–water partition coefficient (Wildman–Crippen LogP) is 0.342. The van der Waals surface area contributed by atoms with Crippen LogP contribution >= 0.6 is 0 Å². The van der Waals surface area contributed by atoms with Crippen molar-refractivity contribution in [3.8, 4) is 0 Å². The second kappa shape index (κ2) is 8.45. The Labute approximate surface area is 145 Å². The summed E-state index contributed by atoms with van der Waals surface area (Å²) in [5.41, 5.74) is 5.37. The number of aromatic nitrogens is 6. The molecule has 0 aliphatic carbocycles. The highest BCUT2D eigenvalue weighted by molar-refractivity contribution is 5.61. The van der Waals surface area contributed by atoms with E-state index in [2.05, 4.69) is 27.4 Å². The minimum Gasteiger partial charge on any atom is -0.383 e. The normalized spacial score (nSPS) is 11.0. The van der Waals surface area contributed by atoms with E-state index in [-0.39, 0.29) is 11.5 Å². The summed E-state index contributed by atoms with van der Waals surface area (Å²) in [6.07, 6.45) is 3.72. The SMILES string of the molecule is CCCCn1nnnc1CN(C)c1c(N)n(CCCC)c(=O)[nH]c1=O. The van der Waals surface area contributed by atoms with Crippen LogP contribution in [0, 0.1) is 0 Å². The average Bonchev–Trinajstić information content (AvgIpc) is 2.99. The zero-order valence-corrected chi connectivity index (χ0v) is 15.0. The summed E-state index contributed by atoms with van der Waals surface area (Å²) >= 11 is 0. The zero-order valence-electron chi connectivity index (χ0n) is 15.0. The first-order valence-corrected chi connectivity index (χ1v) is 8.58.